The van der Waals surface area contributed by atoms with Crippen molar-refractivity contribution in [1.29, 1.82) is 0 Å². The number of fused-ring (bicyclic) bond motifs is 2. The van der Waals surface area contributed by atoms with Crippen molar-refractivity contribution in [2.75, 3.05) is 4.90 Å². The molecule has 4 aromatic rings. The lowest BCUT2D eigenvalue weighted by Crippen LogP contribution is -2.16. The molecule has 0 radical (unpaired) electrons. The van der Waals surface area contributed by atoms with Crippen LogP contribution in [0.25, 0.3) is 21.9 Å². The van der Waals surface area contributed by atoms with Gasteiger partial charge in [0.25, 0.3) is 0 Å². The lowest BCUT2D eigenvalue weighted by Gasteiger charge is -2.31. The summed E-state index contributed by atoms with van der Waals surface area (Å²) in [5.41, 5.74) is 12.9. The van der Waals surface area contributed by atoms with Gasteiger partial charge in [0.1, 0.15) is 0 Å². The van der Waals surface area contributed by atoms with Gasteiger partial charge in [-0.2, -0.15) is 0 Å². The van der Waals surface area contributed by atoms with Crippen molar-refractivity contribution in [1.82, 2.24) is 0 Å². The quantitative estimate of drug-likeness (QED) is 0.209. The molecule has 42 heavy (non-hydrogen) atoms. The molecular weight excluding hydrogens is 506 g/mol. The molecule has 208 valence electrons. The highest BCUT2D eigenvalue weighted by Crippen LogP contribution is 2.43. The first-order valence-electron chi connectivity index (χ1n) is 15.1. The summed E-state index contributed by atoms with van der Waals surface area (Å²) in [6.45, 7) is 11.0. The Balaban J connectivity index is 1.44. The SMILES string of the molecule is C=C/C(=C\C=C(/C)c1ccccc1)N(c1ccc(C2=C(C)C3=CC=CCC3CC2)c(C)c1)c1ccc2ccccc2c1. The molecule has 0 fully saturated rings. The highest BCUT2D eigenvalue weighted by molar-refractivity contribution is 5.88. The molecular formula is C41H39N. The van der Waals surface area contributed by atoms with E-state index in [0.717, 1.165) is 23.5 Å². The van der Waals surface area contributed by atoms with Crippen LogP contribution in [0.5, 0.6) is 0 Å². The fourth-order valence-electron chi connectivity index (χ4n) is 6.53. The summed E-state index contributed by atoms with van der Waals surface area (Å²) in [6.07, 6.45) is 16.8. The van der Waals surface area contributed by atoms with Crippen molar-refractivity contribution in [3.05, 3.63) is 168 Å². The van der Waals surface area contributed by atoms with E-state index in [1.165, 1.54) is 62.6 Å². The van der Waals surface area contributed by atoms with Crippen LogP contribution in [-0.2, 0) is 0 Å². The van der Waals surface area contributed by atoms with Crippen molar-refractivity contribution < 1.29 is 0 Å². The molecule has 2 aliphatic carbocycles. The van der Waals surface area contributed by atoms with E-state index in [-0.39, 0.29) is 0 Å². The number of anilines is 2. The van der Waals surface area contributed by atoms with Gasteiger partial charge in [-0.15, -0.1) is 0 Å². The molecule has 0 saturated heterocycles. The van der Waals surface area contributed by atoms with Crippen LogP contribution < -0.4 is 4.90 Å². The van der Waals surface area contributed by atoms with Gasteiger partial charge in [0, 0.05) is 17.1 Å². The first-order chi connectivity index (χ1) is 20.5. The van der Waals surface area contributed by atoms with Crippen LogP contribution in [-0.4, -0.2) is 0 Å². The molecule has 0 amide bonds. The summed E-state index contributed by atoms with van der Waals surface area (Å²) < 4.78 is 0. The molecule has 1 atom stereocenters. The van der Waals surface area contributed by atoms with Gasteiger partial charge in [0.05, 0.1) is 0 Å². The molecule has 1 unspecified atom stereocenters. The molecule has 4 aromatic carbocycles. The second-order valence-electron chi connectivity index (χ2n) is 11.5. The van der Waals surface area contributed by atoms with E-state index >= 15 is 0 Å². The van der Waals surface area contributed by atoms with Crippen LogP contribution in [0.2, 0.25) is 0 Å². The van der Waals surface area contributed by atoms with E-state index < -0.39 is 0 Å². The third kappa shape index (κ3) is 5.48. The zero-order chi connectivity index (χ0) is 29.1. The molecule has 0 aromatic heterocycles. The van der Waals surface area contributed by atoms with Crippen LogP contribution in [0.15, 0.2) is 151 Å². The Bertz CT molecular complexity index is 1790. The number of rotatable bonds is 7. The van der Waals surface area contributed by atoms with Gasteiger partial charge in [-0.05, 0) is 132 Å². The average molecular weight is 546 g/mol. The number of allylic oxidation sites excluding steroid dienone is 10. The molecule has 0 aliphatic heterocycles. The van der Waals surface area contributed by atoms with Crippen LogP contribution in [0.3, 0.4) is 0 Å². The number of benzene rings is 4. The van der Waals surface area contributed by atoms with E-state index in [1.807, 2.05) is 6.08 Å². The maximum atomic E-state index is 4.25. The predicted molar refractivity (Wildman–Crippen MR) is 183 cm³/mol. The van der Waals surface area contributed by atoms with E-state index in [1.54, 1.807) is 0 Å². The Morgan fingerprint density at radius 1 is 0.833 bits per heavy atom. The minimum absolute atomic E-state index is 0.675. The minimum Gasteiger partial charge on any atom is -0.310 e. The zero-order valence-electron chi connectivity index (χ0n) is 25.0. The third-order valence-electron chi connectivity index (χ3n) is 8.89. The van der Waals surface area contributed by atoms with Crippen molar-refractivity contribution in [2.45, 2.75) is 40.0 Å². The molecule has 6 rings (SSSR count). The predicted octanol–water partition coefficient (Wildman–Crippen LogP) is 11.5. The van der Waals surface area contributed by atoms with Crippen molar-refractivity contribution >= 4 is 33.3 Å². The van der Waals surface area contributed by atoms with Crippen molar-refractivity contribution in [3.8, 4) is 0 Å². The summed E-state index contributed by atoms with van der Waals surface area (Å²) >= 11 is 0. The zero-order valence-corrected chi connectivity index (χ0v) is 25.0. The summed E-state index contributed by atoms with van der Waals surface area (Å²) in [5, 5.41) is 2.46. The van der Waals surface area contributed by atoms with Gasteiger partial charge in [-0.1, -0.05) is 97.6 Å². The van der Waals surface area contributed by atoms with Crippen molar-refractivity contribution in [3.63, 3.8) is 0 Å². The highest BCUT2D eigenvalue weighted by atomic mass is 15.1. The first kappa shape index (κ1) is 27.5. The largest absolute Gasteiger partial charge is 0.310 e. The summed E-state index contributed by atoms with van der Waals surface area (Å²) in [5.74, 6) is 0.675. The third-order valence-corrected chi connectivity index (χ3v) is 8.89. The lowest BCUT2D eigenvalue weighted by atomic mass is 9.74. The number of hydrogen-bond acceptors (Lipinski definition) is 1. The molecule has 0 spiro atoms. The van der Waals surface area contributed by atoms with Gasteiger partial charge in [0.2, 0.25) is 0 Å². The fraction of sp³-hybridized carbons (Fsp3) is 0.171. The average Bonchev–Trinajstić information content (AvgIpc) is 3.03. The number of nitrogens with zero attached hydrogens (tertiary/aromatic N) is 1. The smallest absolute Gasteiger partial charge is 0.0468 e. The normalized spacial score (nSPS) is 17.2. The molecule has 0 heterocycles. The minimum atomic E-state index is 0.675. The molecule has 1 heteroatoms. The molecule has 0 bridgehead atoms. The van der Waals surface area contributed by atoms with E-state index in [0.29, 0.717) is 5.92 Å². The standard InChI is InChI=1S/C41H39N/c1-5-36(22-19-29(2)32-13-7-6-8-14-32)42(38-23-20-33-15-9-10-17-35(33)28-38)37-24-26-39(30(3)27-37)41-25-21-34-16-11-12-18-40(34)31(41)4/h5-15,17-20,22-24,26-28,34H,1,16,21,25H2,2-4H3/b29-19+,36-22+. The van der Waals surface area contributed by atoms with E-state index in [4.69, 9.17) is 0 Å². The van der Waals surface area contributed by atoms with Crippen LogP contribution in [0.4, 0.5) is 11.4 Å². The Hall–Kier alpha value is -4.62. The van der Waals surface area contributed by atoms with E-state index in [9.17, 15) is 0 Å². The molecule has 0 N–H and O–H groups in total. The lowest BCUT2D eigenvalue weighted by molar-refractivity contribution is 0.562. The Kier molecular flexibility index (Phi) is 7.93. The summed E-state index contributed by atoms with van der Waals surface area (Å²) in [7, 11) is 0. The number of hydrogen-bond donors (Lipinski definition) is 0. The van der Waals surface area contributed by atoms with Gasteiger partial charge < -0.3 is 4.90 Å². The maximum absolute atomic E-state index is 4.25. The van der Waals surface area contributed by atoms with E-state index in [2.05, 4.69) is 154 Å². The summed E-state index contributed by atoms with van der Waals surface area (Å²) in [4.78, 5) is 2.33. The van der Waals surface area contributed by atoms with Gasteiger partial charge in [-0.3, -0.25) is 0 Å². The van der Waals surface area contributed by atoms with Crippen LogP contribution in [0, 0.1) is 12.8 Å². The van der Waals surface area contributed by atoms with Gasteiger partial charge >= 0.3 is 0 Å². The number of aryl methyl sites for hydroxylation is 1. The Morgan fingerprint density at radius 3 is 2.36 bits per heavy atom. The molecule has 2 aliphatic rings. The van der Waals surface area contributed by atoms with Gasteiger partial charge in [0.15, 0.2) is 0 Å². The van der Waals surface area contributed by atoms with Crippen LogP contribution in [0.1, 0.15) is 49.8 Å². The fourth-order valence-corrected chi connectivity index (χ4v) is 6.53. The molecule has 1 nitrogen and oxygen atoms in total. The monoisotopic (exact) mass is 545 g/mol. The van der Waals surface area contributed by atoms with Crippen LogP contribution >= 0.6 is 0 Å². The Morgan fingerprint density at radius 2 is 1.57 bits per heavy atom. The maximum Gasteiger partial charge on any atom is 0.0468 e. The van der Waals surface area contributed by atoms with Crippen molar-refractivity contribution in [2.24, 2.45) is 5.92 Å². The van der Waals surface area contributed by atoms with Gasteiger partial charge in [-0.25, -0.2) is 0 Å². The second kappa shape index (κ2) is 12.1. The Labute approximate surface area is 251 Å². The highest BCUT2D eigenvalue weighted by Gasteiger charge is 2.25. The first-order valence-corrected chi connectivity index (χ1v) is 15.1. The summed E-state index contributed by atoms with van der Waals surface area (Å²) in [6, 6.07) is 32.8. The second-order valence-corrected chi connectivity index (χ2v) is 11.5. The molecule has 0 saturated carbocycles. The topological polar surface area (TPSA) is 3.24 Å².